The summed E-state index contributed by atoms with van der Waals surface area (Å²) in [6, 6.07) is 6.12. The Hall–Kier alpha value is -0.810. The fraction of sp³-hybridized carbons (Fsp3) is 0.222. The molecule has 1 atom stereocenters. The van der Waals surface area contributed by atoms with E-state index in [0.717, 1.165) is 3.79 Å². The molecule has 2 heterocycles. The van der Waals surface area contributed by atoms with Crippen LogP contribution in [0.15, 0.2) is 28.2 Å². The van der Waals surface area contributed by atoms with Gasteiger partial charge in [0.15, 0.2) is 0 Å². The molecule has 0 aliphatic rings. The van der Waals surface area contributed by atoms with E-state index in [2.05, 4.69) is 34.0 Å². The molecular weight excluding hydrogens is 262 g/mol. The van der Waals surface area contributed by atoms with Gasteiger partial charge in [-0.05, 0) is 41.1 Å². The maximum Gasteiger partial charge on any atom is 0.122 e. The van der Waals surface area contributed by atoms with E-state index >= 15 is 0 Å². The maximum absolute atomic E-state index is 5.78. The van der Waals surface area contributed by atoms with Gasteiger partial charge in [-0.25, -0.2) is 4.68 Å². The Bertz CT molecular complexity index is 435. The molecule has 2 rings (SSSR count). The molecule has 0 saturated carbocycles. The van der Waals surface area contributed by atoms with Crippen molar-refractivity contribution in [2.75, 3.05) is 5.73 Å². The number of nitrogens with zero attached hydrogens (tertiary/aromatic N) is 2. The number of nitrogen functional groups attached to an aromatic ring is 1. The smallest absolute Gasteiger partial charge is 0.122 e. The quantitative estimate of drug-likeness (QED) is 0.913. The van der Waals surface area contributed by atoms with Crippen molar-refractivity contribution in [3.63, 3.8) is 0 Å². The number of rotatable bonds is 2. The molecular formula is C9H10BrN3S. The molecule has 14 heavy (non-hydrogen) atoms. The minimum absolute atomic E-state index is 0.196. The fourth-order valence-corrected chi connectivity index (χ4v) is 2.78. The van der Waals surface area contributed by atoms with Gasteiger partial charge in [-0.2, -0.15) is 5.10 Å². The van der Waals surface area contributed by atoms with Gasteiger partial charge >= 0.3 is 0 Å². The fourth-order valence-electron chi connectivity index (χ4n) is 1.32. The molecule has 0 aromatic carbocycles. The monoisotopic (exact) mass is 271 g/mol. The van der Waals surface area contributed by atoms with E-state index in [-0.39, 0.29) is 6.04 Å². The molecule has 2 aromatic heterocycles. The highest BCUT2D eigenvalue weighted by Gasteiger charge is 2.12. The average molecular weight is 272 g/mol. The molecule has 5 heteroatoms. The Labute approximate surface area is 94.7 Å². The number of anilines is 1. The van der Waals surface area contributed by atoms with Crippen LogP contribution in [-0.2, 0) is 0 Å². The van der Waals surface area contributed by atoms with Crippen molar-refractivity contribution in [2.45, 2.75) is 13.0 Å². The summed E-state index contributed by atoms with van der Waals surface area (Å²) in [5.41, 5.74) is 5.78. The first-order chi connectivity index (χ1) is 6.68. The summed E-state index contributed by atoms with van der Waals surface area (Å²) >= 11 is 5.14. The molecule has 2 aromatic rings. The molecule has 0 aliphatic heterocycles. The summed E-state index contributed by atoms with van der Waals surface area (Å²) in [4.78, 5) is 1.24. The zero-order valence-electron chi connectivity index (χ0n) is 7.64. The lowest BCUT2D eigenvalue weighted by Gasteiger charge is -2.11. The third-order valence-electron chi connectivity index (χ3n) is 2.07. The molecule has 0 saturated heterocycles. The summed E-state index contributed by atoms with van der Waals surface area (Å²) in [6.07, 6.45) is 1.72. The standard InChI is InChI=1S/C9H10BrN3S/c1-6(7-2-3-8(10)14-7)13-9(11)4-5-12-13/h2-6H,11H2,1H3. The summed E-state index contributed by atoms with van der Waals surface area (Å²) in [5, 5.41) is 4.18. The highest BCUT2D eigenvalue weighted by atomic mass is 79.9. The van der Waals surface area contributed by atoms with Crippen LogP contribution in [-0.4, -0.2) is 9.78 Å². The van der Waals surface area contributed by atoms with Gasteiger partial charge in [0.2, 0.25) is 0 Å². The van der Waals surface area contributed by atoms with E-state index in [9.17, 15) is 0 Å². The number of hydrogen-bond donors (Lipinski definition) is 1. The van der Waals surface area contributed by atoms with Gasteiger partial charge in [0.25, 0.3) is 0 Å². The summed E-state index contributed by atoms with van der Waals surface area (Å²) in [5.74, 6) is 0.696. The van der Waals surface area contributed by atoms with Gasteiger partial charge in [0, 0.05) is 4.88 Å². The number of halogens is 1. The molecule has 0 spiro atoms. The number of hydrogen-bond acceptors (Lipinski definition) is 3. The van der Waals surface area contributed by atoms with Gasteiger partial charge in [0.05, 0.1) is 16.0 Å². The Morgan fingerprint density at radius 2 is 2.29 bits per heavy atom. The van der Waals surface area contributed by atoms with Crippen molar-refractivity contribution in [3.8, 4) is 0 Å². The molecule has 1 unspecified atom stereocenters. The molecule has 0 fully saturated rings. The van der Waals surface area contributed by atoms with E-state index < -0.39 is 0 Å². The first-order valence-corrected chi connectivity index (χ1v) is 5.83. The molecule has 2 N–H and O–H groups in total. The van der Waals surface area contributed by atoms with Crippen LogP contribution >= 0.6 is 27.3 Å². The number of nitrogens with two attached hydrogens (primary N) is 1. The lowest BCUT2D eigenvalue weighted by Crippen LogP contribution is -2.09. The van der Waals surface area contributed by atoms with Crippen LogP contribution in [0.5, 0.6) is 0 Å². The predicted molar refractivity (Wildman–Crippen MR) is 62.5 cm³/mol. The zero-order valence-corrected chi connectivity index (χ0v) is 10.0. The topological polar surface area (TPSA) is 43.8 Å². The van der Waals surface area contributed by atoms with Crippen molar-refractivity contribution in [2.24, 2.45) is 0 Å². The molecule has 0 bridgehead atoms. The molecule has 3 nitrogen and oxygen atoms in total. The predicted octanol–water partition coefficient (Wildman–Crippen LogP) is 2.90. The van der Waals surface area contributed by atoms with E-state index in [1.165, 1.54) is 4.88 Å². The van der Waals surface area contributed by atoms with Gasteiger partial charge in [-0.1, -0.05) is 0 Å². The second kappa shape index (κ2) is 3.74. The summed E-state index contributed by atoms with van der Waals surface area (Å²) < 4.78 is 2.95. The van der Waals surface area contributed by atoms with Crippen LogP contribution in [0, 0.1) is 0 Å². The first kappa shape index (κ1) is 9.73. The van der Waals surface area contributed by atoms with Crippen molar-refractivity contribution in [1.29, 1.82) is 0 Å². The zero-order chi connectivity index (χ0) is 10.1. The van der Waals surface area contributed by atoms with Crippen molar-refractivity contribution < 1.29 is 0 Å². The lowest BCUT2D eigenvalue weighted by atomic mass is 10.3. The van der Waals surface area contributed by atoms with Crippen molar-refractivity contribution >= 4 is 33.1 Å². The normalized spacial score (nSPS) is 13.0. The van der Waals surface area contributed by atoms with E-state index in [1.54, 1.807) is 23.6 Å². The third kappa shape index (κ3) is 1.69. The van der Waals surface area contributed by atoms with Gasteiger partial charge < -0.3 is 5.73 Å². The van der Waals surface area contributed by atoms with Gasteiger partial charge in [-0.15, -0.1) is 11.3 Å². The van der Waals surface area contributed by atoms with Crippen molar-refractivity contribution in [3.05, 3.63) is 33.1 Å². The number of aromatic nitrogens is 2. The second-order valence-electron chi connectivity index (χ2n) is 3.02. The van der Waals surface area contributed by atoms with Crippen LogP contribution in [0.1, 0.15) is 17.8 Å². The van der Waals surface area contributed by atoms with Crippen LogP contribution in [0.25, 0.3) is 0 Å². The van der Waals surface area contributed by atoms with E-state index in [4.69, 9.17) is 5.73 Å². The average Bonchev–Trinajstić information content (AvgIpc) is 2.73. The Balaban J connectivity index is 2.33. The van der Waals surface area contributed by atoms with Crippen LogP contribution in [0.3, 0.4) is 0 Å². The highest BCUT2D eigenvalue weighted by molar-refractivity contribution is 9.11. The Morgan fingerprint density at radius 1 is 1.50 bits per heavy atom. The van der Waals surface area contributed by atoms with Crippen LogP contribution < -0.4 is 5.73 Å². The van der Waals surface area contributed by atoms with Crippen LogP contribution in [0.2, 0.25) is 0 Å². The van der Waals surface area contributed by atoms with Crippen LogP contribution in [0.4, 0.5) is 5.82 Å². The van der Waals surface area contributed by atoms with E-state index in [1.807, 2.05) is 10.7 Å². The molecule has 0 amide bonds. The molecule has 0 radical (unpaired) electrons. The van der Waals surface area contributed by atoms with E-state index in [0.29, 0.717) is 5.82 Å². The molecule has 74 valence electrons. The van der Waals surface area contributed by atoms with Gasteiger partial charge in [-0.3, -0.25) is 0 Å². The molecule has 0 aliphatic carbocycles. The van der Waals surface area contributed by atoms with Gasteiger partial charge in [0.1, 0.15) is 5.82 Å². The Morgan fingerprint density at radius 3 is 2.79 bits per heavy atom. The third-order valence-corrected chi connectivity index (χ3v) is 3.87. The highest BCUT2D eigenvalue weighted by Crippen LogP contribution is 2.29. The second-order valence-corrected chi connectivity index (χ2v) is 5.51. The largest absolute Gasteiger partial charge is 0.384 e. The summed E-state index contributed by atoms with van der Waals surface area (Å²) in [7, 11) is 0. The summed E-state index contributed by atoms with van der Waals surface area (Å²) in [6.45, 7) is 2.08. The first-order valence-electron chi connectivity index (χ1n) is 4.22. The minimum atomic E-state index is 0.196. The van der Waals surface area contributed by atoms with Crippen molar-refractivity contribution in [1.82, 2.24) is 9.78 Å². The lowest BCUT2D eigenvalue weighted by molar-refractivity contribution is 0.581. The maximum atomic E-state index is 5.78. The Kier molecular flexibility index (Phi) is 2.60. The SMILES string of the molecule is CC(c1ccc(Br)s1)n1nccc1N. The number of thiophene rings is 1. The minimum Gasteiger partial charge on any atom is -0.384 e.